The first-order chi connectivity index (χ1) is 13.8. The second-order valence-corrected chi connectivity index (χ2v) is 6.10. The maximum Gasteiger partial charge on any atom is 0.419 e. The van der Waals surface area contributed by atoms with Crippen molar-refractivity contribution in [2.24, 2.45) is 0 Å². The molecule has 0 aliphatic rings. The molecule has 0 bridgehead atoms. The fraction of sp³-hybridized carbons (Fsp3) is 0.111. The van der Waals surface area contributed by atoms with Crippen LogP contribution in [-0.2, 0) is 12.7 Å². The van der Waals surface area contributed by atoms with E-state index >= 15 is 0 Å². The molecule has 0 radical (unpaired) electrons. The molecule has 0 aliphatic carbocycles. The highest BCUT2D eigenvalue weighted by Crippen LogP contribution is 2.32. The average Bonchev–Trinajstić information content (AvgIpc) is 3.01. The van der Waals surface area contributed by atoms with Gasteiger partial charge in [-0.15, -0.1) is 5.10 Å². The number of nitrogens with zero attached hydrogens (tertiary/aromatic N) is 5. The van der Waals surface area contributed by atoms with Gasteiger partial charge in [-0.1, -0.05) is 6.07 Å². The van der Waals surface area contributed by atoms with Crippen molar-refractivity contribution in [3.63, 3.8) is 0 Å². The van der Waals surface area contributed by atoms with Crippen molar-refractivity contribution in [1.82, 2.24) is 24.6 Å². The minimum Gasteiger partial charge on any atom is -0.382 e. The summed E-state index contributed by atoms with van der Waals surface area (Å²) in [4.78, 5) is 12.5. The van der Waals surface area contributed by atoms with Crippen molar-refractivity contribution in [2.75, 3.05) is 11.1 Å². The molecule has 7 nitrogen and oxygen atoms in total. The SMILES string of the molecule is Nc1nn2cccnc2c1-c1cc(NCc2ccc(C(F)(F)F)c(F)c2)ncn1.[HH].[HH].[HH]. The Labute approximate surface area is 165 Å². The van der Waals surface area contributed by atoms with Gasteiger partial charge in [-0.2, -0.15) is 13.2 Å². The van der Waals surface area contributed by atoms with E-state index in [2.05, 4.69) is 25.4 Å². The van der Waals surface area contributed by atoms with Gasteiger partial charge < -0.3 is 11.1 Å². The van der Waals surface area contributed by atoms with Crippen LogP contribution in [0.4, 0.5) is 29.2 Å². The lowest BCUT2D eigenvalue weighted by molar-refractivity contribution is -0.140. The van der Waals surface area contributed by atoms with Crippen LogP contribution in [-0.4, -0.2) is 24.6 Å². The number of hydrogen-bond acceptors (Lipinski definition) is 6. The summed E-state index contributed by atoms with van der Waals surface area (Å²) in [5.74, 6) is -0.714. The van der Waals surface area contributed by atoms with Crippen molar-refractivity contribution in [2.45, 2.75) is 12.7 Å². The predicted octanol–water partition coefficient (Wildman–Crippen LogP) is 4.28. The summed E-state index contributed by atoms with van der Waals surface area (Å²) < 4.78 is 53.2. The van der Waals surface area contributed by atoms with E-state index in [-0.39, 0.29) is 16.6 Å². The van der Waals surface area contributed by atoms with Crippen LogP contribution in [0.15, 0.2) is 49.1 Å². The molecule has 4 rings (SSSR count). The summed E-state index contributed by atoms with van der Waals surface area (Å²) in [5.41, 5.74) is 6.51. The first-order valence-corrected chi connectivity index (χ1v) is 8.33. The van der Waals surface area contributed by atoms with Gasteiger partial charge in [0.1, 0.15) is 18.0 Å². The van der Waals surface area contributed by atoms with E-state index in [9.17, 15) is 17.6 Å². The van der Waals surface area contributed by atoms with Gasteiger partial charge in [0.15, 0.2) is 11.5 Å². The summed E-state index contributed by atoms with van der Waals surface area (Å²) in [6, 6.07) is 6.06. The number of alkyl halides is 3. The van der Waals surface area contributed by atoms with E-state index in [0.717, 1.165) is 6.07 Å². The van der Waals surface area contributed by atoms with Crippen molar-refractivity contribution >= 4 is 17.3 Å². The Morgan fingerprint density at radius 1 is 1.14 bits per heavy atom. The fourth-order valence-corrected chi connectivity index (χ4v) is 2.83. The summed E-state index contributed by atoms with van der Waals surface area (Å²) in [6.45, 7) is 0.0635. The standard InChI is InChI=1S/C18H13F4N7.3H2/c19-12-6-10(2-3-11(12)18(20,21)22)8-25-14-7-13(26-9-27-14)15-16(23)28-29-5-1-4-24-17(15)29;;;/h1-7,9H,8H2,(H2,23,28)(H,25,26,27);3*1H. The average molecular weight is 409 g/mol. The molecule has 1 aromatic carbocycles. The molecule has 11 heteroatoms. The van der Waals surface area contributed by atoms with Gasteiger partial charge >= 0.3 is 6.18 Å². The van der Waals surface area contributed by atoms with E-state index in [4.69, 9.17) is 5.73 Å². The number of fused-ring (bicyclic) bond motifs is 1. The van der Waals surface area contributed by atoms with Crippen molar-refractivity contribution < 1.29 is 21.8 Å². The Bertz CT molecular complexity index is 1200. The van der Waals surface area contributed by atoms with Gasteiger partial charge in [-0.25, -0.2) is 23.9 Å². The normalized spacial score (nSPS) is 11.7. The molecule has 0 aliphatic heterocycles. The summed E-state index contributed by atoms with van der Waals surface area (Å²) >= 11 is 0. The zero-order valence-electron chi connectivity index (χ0n) is 14.7. The largest absolute Gasteiger partial charge is 0.419 e. The monoisotopic (exact) mass is 409 g/mol. The van der Waals surface area contributed by atoms with Crippen LogP contribution in [0.2, 0.25) is 0 Å². The van der Waals surface area contributed by atoms with E-state index in [0.29, 0.717) is 34.4 Å². The number of nitrogens with two attached hydrogens (primary N) is 1. The number of hydrogen-bond donors (Lipinski definition) is 2. The molecule has 0 unspecified atom stereocenters. The van der Waals surface area contributed by atoms with Gasteiger partial charge in [0.2, 0.25) is 0 Å². The lowest BCUT2D eigenvalue weighted by Crippen LogP contribution is -2.09. The van der Waals surface area contributed by atoms with Crippen LogP contribution in [0.1, 0.15) is 15.4 Å². The molecule has 3 N–H and O–H groups in total. The molecule has 0 atom stereocenters. The zero-order chi connectivity index (χ0) is 20.6. The number of benzene rings is 1. The molecule has 0 spiro atoms. The third-order valence-corrected chi connectivity index (χ3v) is 4.16. The van der Waals surface area contributed by atoms with Crippen LogP contribution < -0.4 is 11.1 Å². The molecule has 29 heavy (non-hydrogen) atoms. The predicted molar refractivity (Wildman–Crippen MR) is 103 cm³/mol. The first-order valence-electron chi connectivity index (χ1n) is 8.33. The van der Waals surface area contributed by atoms with Crippen LogP contribution >= 0.6 is 0 Å². The molecule has 0 amide bonds. The summed E-state index contributed by atoms with van der Waals surface area (Å²) in [7, 11) is 0. The van der Waals surface area contributed by atoms with E-state index < -0.39 is 17.6 Å². The maximum atomic E-state index is 13.7. The molecular weight excluding hydrogens is 390 g/mol. The lowest BCUT2D eigenvalue weighted by Gasteiger charge is -2.10. The Kier molecular flexibility index (Phi) is 4.49. The zero-order valence-corrected chi connectivity index (χ0v) is 14.7. The highest BCUT2D eigenvalue weighted by Gasteiger charge is 2.33. The fourth-order valence-electron chi connectivity index (χ4n) is 2.83. The van der Waals surface area contributed by atoms with Gasteiger partial charge in [-0.3, -0.25) is 0 Å². The van der Waals surface area contributed by atoms with Crippen molar-refractivity contribution in [1.29, 1.82) is 0 Å². The minimum atomic E-state index is -4.74. The highest BCUT2D eigenvalue weighted by atomic mass is 19.4. The Balaban J connectivity index is 0.00000171. The molecule has 4 aromatic rings. The highest BCUT2D eigenvalue weighted by molar-refractivity contribution is 5.84. The van der Waals surface area contributed by atoms with E-state index in [1.807, 2.05) is 0 Å². The van der Waals surface area contributed by atoms with Crippen LogP contribution in [0.5, 0.6) is 0 Å². The number of aromatic nitrogens is 5. The van der Waals surface area contributed by atoms with Gasteiger partial charge in [0.05, 0.1) is 16.8 Å². The van der Waals surface area contributed by atoms with Gasteiger partial charge in [0.25, 0.3) is 0 Å². The second kappa shape index (κ2) is 7.00. The summed E-state index contributed by atoms with van der Waals surface area (Å²) in [6.07, 6.45) is -0.141. The smallest absolute Gasteiger partial charge is 0.382 e. The van der Waals surface area contributed by atoms with Crippen LogP contribution in [0.25, 0.3) is 16.9 Å². The number of anilines is 2. The molecule has 3 heterocycles. The van der Waals surface area contributed by atoms with Gasteiger partial charge in [0, 0.05) is 29.3 Å². The second-order valence-electron chi connectivity index (χ2n) is 6.10. The molecule has 0 saturated heterocycles. The number of halogens is 4. The number of nitrogens with one attached hydrogen (secondary N) is 1. The Morgan fingerprint density at radius 2 is 1.97 bits per heavy atom. The van der Waals surface area contributed by atoms with Gasteiger partial charge in [-0.05, 0) is 23.8 Å². The van der Waals surface area contributed by atoms with E-state index in [1.54, 1.807) is 24.5 Å². The third-order valence-electron chi connectivity index (χ3n) is 4.16. The Morgan fingerprint density at radius 3 is 2.72 bits per heavy atom. The minimum absolute atomic E-state index is 0. The van der Waals surface area contributed by atoms with Crippen molar-refractivity contribution in [3.05, 3.63) is 66.0 Å². The van der Waals surface area contributed by atoms with Crippen LogP contribution in [0, 0.1) is 5.82 Å². The first kappa shape index (κ1) is 18.6. The topological polar surface area (TPSA) is 94.0 Å². The summed E-state index contributed by atoms with van der Waals surface area (Å²) in [5, 5.41) is 7.10. The quantitative estimate of drug-likeness (QED) is 0.489. The van der Waals surface area contributed by atoms with Crippen LogP contribution in [0.3, 0.4) is 0 Å². The third kappa shape index (κ3) is 3.66. The molecule has 3 aromatic heterocycles. The molecular formula is C18H19F4N7. The molecule has 0 saturated carbocycles. The number of nitrogen functional groups attached to an aromatic ring is 1. The maximum absolute atomic E-state index is 13.7. The lowest BCUT2D eigenvalue weighted by atomic mass is 10.1. The van der Waals surface area contributed by atoms with E-state index in [1.165, 1.54) is 16.9 Å². The Hall–Kier alpha value is -3.76. The number of rotatable bonds is 4. The van der Waals surface area contributed by atoms with Crippen molar-refractivity contribution in [3.8, 4) is 11.3 Å². The molecule has 154 valence electrons. The molecule has 0 fully saturated rings.